The number of halogens is 2. The van der Waals surface area contributed by atoms with Gasteiger partial charge in [0.05, 0.1) is 12.6 Å². The molecule has 0 aromatic carbocycles. The van der Waals surface area contributed by atoms with Crippen molar-refractivity contribution in [3.63, 3.8) is 0 Å². The summed E-state index contributed by atoms with van der Waals surface area (Å²) in [4.78, 5) is 31.2. The highest BCUT2D eigenvalue weighted by Crippen LogP contribution is 2.21. The van der Waals surface area contributed by atoms with Crippen LogP contribution >= 0.6 is 24.8 Å². The molecule has 3 atom stereocenters. The molecule has 0 aromatic rings. The van der Waals surface area contributed by atoms with Crippen molar-refractivity contribution in [2.75, 3.05) is 45.8 Å². The van der Waals surface area contributed by atoms with Crippen molar-refractivity contribution < 1.29 is 14.3 Å². The SMILES string of the molecule is CC1CCCCN1C(=O)CN1CCN(C(=O)[C@@H]2CC[C@H](CN)O2)CC1.Cl.Cl. The molecule has 3 heterocycles. The van der Waals surface area contributed by atoms with Crippen LogP contribution in [0.1, 0.15) is 39.0 Å². The molecule has 2 amide bonds. The van der Waals surface area contributed by atoms with Crippen LogP contribution in [0.25, 0.3) is 0 Å². The van der Waals surface area contributed by atoms with Gasteiger partial charge < -0.3 is 20.3 Å². The third-order valence-electron chi connectivity index (χ3n) is 5.81. The van der Waals surface area contributed by atoms with Crippen LogP contribution in [-0.4, -0.2) is 90.6 Å². The molecule has 9 heteroatoms. The molecule has 0 bridgehead atoms. The lowest BCUT2D eigenvalue weighted by Gasteiger charge is -2.38. The fraction of sp³-hybridized carbons (Fsp3) is 0.889. The first-order valence-corrected chi connectivity index (χ1v) is 9.74. The van der Waals surface area contributed by atoms with Crippen molar-refractivity contribution in [3.8, 4) is 0 Å². The molecule has 1 unspecified atom stereocenters. The van der Waals surface area contributed by atoms with Gasteiger partial charge in [0.15, 0.2) is 0 Å². The number of hydrogen-bond donors (Lipinski definition) is 1. The van der Waals surface area contributed by atoms with Gasteiger partial charge in [-0.1, -0.05) is 0 Å². The predicted octanol–water partition coefficient (Wildman–Crippen LogP) is 0.882. The molecule has 158 valence electrons. The zero-order valence-electron chi connectivity index (χ0n) is 16.2. The first-order valence-electron chi connectivity index (χ1n) is 9.74. The van der Waals surface area contributed by atoms with E-state index in [2.05, 4.69) is 11.8 Å². The average molecular weight is 425 g/mol. The molecule has 3 fully saturated rings. The van der Waals surface area contributed by atoms with Crippen molar-refractivity contribution >= 4 is 36.6 Å². The van der Waals surface area contributed by atoms with E-state index in [1.807, 2.05) is 9.80 Å². The molecular weight excluding hydrogens is 391 g/mol. The molecule has 3 saturated heterocycles. The topological polar surface area (TPSA) is 79.1 Å². The Morgan fingerprint density at radius 2 is 1.70 bits per heavy atom. The summed E-state index contributed by atoms with van der Waals surface area (Å²) in [6, 6.07) is 0.360. The number of nitrogens with two attached hydrogens (primary N) is 1. The number of piperidine rings is 1. The normalized spacial score (nSPS) is 29.0. The summed E-state index contributed by atoms with van der Waals surface area (Å²) in [7, 11) is 0. The Hall–Kier alpha value is -0.600. The van der Waals surface area contributed by atoms with E-state index in [9.17, 15) is 9.59 Å². The Morgan fingerprint density at radius 1 is 1.00 bits per heavy atom. The molecule has 0 spiro atoms. The van der Waals surface area contributed by atoms with Gasteiger partial charge in [-0.25, -0.2) is 0 Å². The lowest BCUT2D eigenvalue weighted by Crippen LogP contribution is -2.54. The summed E-state index contributed by atoms with van der Waals surface area (Å²) in [6.45, 7) is 6.85. The predicted molar refractivity (Wildman–Crippen MR) is 109 cm³/mol. The number of rotatable bonds is 4. The van der Waals surface area contributed by atoms with Crippen molar-refractivity contribution in [3.05, 3.63) is 0 Å². The van der Waals surface area contributed by atoms with E-state index >= 15 is 0 Å². The highest BCUT2D eigenvalue weighted by atomic mass is 35.5. The van der Waals surface area contributed by atoms with E-state index in [0.29, 0.717) is 32.2 Å². The van der Waals surface area contributed by atoms with Gasteiger partial charge in [0, 0.05) is 45.3 Å². The van der Waals surface area contributed by atoms with E-state index in [-0.39, 0.29) is 48.8 Å². The highest BCUT2D eigenvalue weighted by molar-refractivity contribution is 5.85. The smallest absolute Gasteiger partial charge is 0.251 e. The average Bonchev–Trinajstić information content (AvgIpc) is 3.11. The third kappa shape index (κ3) is 6.19. The molecular formula is C18H34Cl2N4O3. The summed E-state index contributed by atoms with van der Waals surface area (Å²) < 4.78 is 5.72. The maximum atomic E-state index is 12.5. The van der Waals surface area contributed by atoms with Gasteiger partial charge in [0.2, 0.25) is 5.91 Å². The van der Waals surface area contributed by atoms with Gasteiger partial charge in [0.1, 0.15) is 6.10 Å². The van der Waals surface area contributed by atoms with Crippen LogP contribution in [-0.2, 0) is 14.3 Å². The summed E-state index contributed by atoms with van der Waals surface area (Å²) in [5.74, 6) is 0.323. The van der Waals surface area contributed by atoms with Crippen LogP contribution in [0, 0.1) is 0 Å². The first kappa shape index (κ1) is 24.4. The maximum Gasteiger partial charge on any atom is 0.251 e. The van der Waals surface area contributed by atoms with Crippen molar-refractivity contribution in [2.45, 2.75) is 57.3 Å². The zero-order valence-corrected chi connectivity index (χ0v) is 17.8. The number of ether oxygens (including phenoxy) is 1. The molecule has 2 N–H and O–H groups in total. The zero-order chi connectivity index (χ0) is 17.8. The van der Waals surface area contributed by atoms with E-state index in [4.69, 9.17) is 10.5 Å². The van der Waals surface area contributed by atoms with Crippen LogP contribution in [0.2, 0.25) is 0 Å². The second-order valence-electron chi connectivity index (χ2n) is 7.59. The summed E-state index contributed by atoms with van der Waals surface area (Å²) in [5, 5.41) is 0. The van der Waals surface area contributed by atoms with Gasteiger partial charge in [-0.3, -0.25) is 14.5 Å². The molecule has 0 aliphatic carbocycles. The number of hydrogen-bond acceptors (Lipinski definition) is 5. The molecule has 27 heavy (non-hydrogen) atoms. The minimum Gasteiger partial charge on any atom is -0.364 e. The fourth-order valence-electron chi connectivity index (χ4n) is 4.14. The lowest BCUT2D eigenvalue weighted by molar-refractivity contribution is -0.145. The van der Waals surface area contributed by atoms with Crippen LogP contribution in [0.5, 0.6) is 0 Å². The number of piperazine rings is 1. The van der Waals surface area contributed by atoms with E-state index in [1.54, 1.807) is 0 Å². The van der Waals surface area contributed by atoms with Crippen LogP contribution < -0.4 is 5.73 Å². The van der Waals surface area contributed by atoms with Gasteiger partial charge in [-0.2, -0.15) is 0 Å². The second-order valence-corrected chi connectivity index (χ2v) is 7.59. The largest absolute Gasteiger partial charge is 0.364 e. The Bertz CT molecular complexity index is 489. The molecule has 3 aliphatic rings. The molecule has 3 aliphatic heterocycles. The van der Waals surface area contributed by atoms with Gasteiger partial charge in [-0.15, -0.1) is 24.8 Å². The number of likely N-dealkylation sites (tertiary alicyclic amines) is 1. The van der Waals surface area contributed by atoms with E-state index in [1.165, 1.54) is 6.42 Å². The summed E-state index contributed by atoms with van der Waals surface area (Å²) in [6.07, 6.45) is 4.79. The lowest BCUT2D eigenvalue weighted by atomic mass is 10.0. The number of carbonyl (C=O) groups is 2. The van der Waals surface area contributed by atoms with Crippen LogP contribution in [0.3, 0.4) is 0 Å². The van der Waals surface area contributed by atoms with Gasteiger partial charge >= 0.3 is 0 Å². The highest BCUT2D eigenvalue weighted by Gasteiger charge is 2.34. The Kier molecular flexibility index (Phi) is 10.3. The van der Waals surface area contributed by atoms with Crippen molar-refractivity contribution in [2.24, 2.45) is 5.73 Å². The Labute approximate surface area is 174 Å². The van der Waals surface area contributed by atoms with Crippen LogP contribution in [0.4, 0.5) is 0 Å². The molecule has 0 saturated carbocycles. The van der Waals surface area contributed by atoms with Gasteiger partial charge in [0.25, 0.3) is 5.91 Å². The molecule has 0 aromatic heterocycles. The quantitative estimate of drug-likeness (QED) is 0.724. The minimum atomic E-state index is -0.323. The first-order chi connectivity index (χ1) is 12.1. The second kappa shape index (κ2) is 11.4. The molecule has 7 nitrogen and oxygen atoms in total. The fourth-order valence-corrected chi connectivity index (χ4v) is 4.14. The summed E-state index contributed by atoms with van der Waals surface area (Å²) in [5.41, 5.74) is 5.62. The van der Waals surface area contributed by atoms with E-state index in [0.717, 1.165) is 45.3 Å². The van der Waals surface area contributed by atoms with Crippen molar-refractivity contribution in [1.82, 2.24) is 14.7 Å². The van der Waals surface area contributed by atoms with E-state index < -0.39 is 0 Å². The monoisotopic (exact) mass is 424 g/mol. The van der Waals surface area contributed by atoms with Crippen LogP contribution in [0.15, 0.2) is 0 Å². The molecule has 0 radical (unpaired) electrons. The Balaban J connectivity index is 0.00000182. The molecule has 3 rings (SSSR count). The van der Waals surface area contributed by atoms with Gasteiger partial charge in [-0.05, 0) is 39.0 Å². The minimum absolute atomic E-state index is 0. The standard InChI is InChI=1S/C18H32N4O3.2ClH/c1-14-4-2-3-7-22(14)17(23)13-20-8-10-21(11-9-20)18(24)16-6-5-15(12-19)25-16;;/h14-16H,2-13,19H2,1H3;2*1H/t14?,15-,16+;;/m1../s1. The Morgan fingerprint density at radius 3 is 2.30 bits per heavy atom. The number of amides is 2. The number of carbonyl (C=O) groups excluding carboxylic acids is 2. The van der Waals surface area contributed by atoms with Crippen molar-refractivity contribution in [1.29, 1.82) is 0 Å². The maximum absolute atomic E-state index is 12.5. The third-order valence-corrected chi connectivity index (χ3v) is 5.81. The number of nitrogens with zero attached hydrogens (tertiary/aromatic N) is 3. The summed E-state index contributed by atoms with van der Waals surface area (Å²) >= 11 is 0.